The normalized spacial score (nSPS) is 28.3. The second-order valence-corrected chi connectivity index (χ2v) is 6.36. The molecule has 0 bridgehead atoms. The Morgan fingerprint density at radius 3 is 2.71 bits per heavy atom. The molecule has 1 saturated carbocycles. The molecule has 1 aliphatic rings. The Bertz CT molecular complexity index is 167. The van der Waals surface area contributed by atoms with Crippen LogP contribution in [0.15, 0.2) is 0 Å². The van der Waals surface area contributed by atoms with Crippen LogP contribution in [0.1, 0.15) is 40.0 Å². The van der Waals surface area contributed by atoms with Gasteiger partial charge in [0.05, 0.1) is 5.60 Å². The SMILES string of the molecule is CCSC1CCC(NCC(C)(C)O)C1. The molecule has 1 aliphatic carbocycles. The van der Waals surface area contributed by atoms with Crippen molar-refractivity contribution in [3.8, 4) is 0 Å². The van der Waals surface area contributed by atoms with E-state index < -0.39 is 5.60 Å². The van der Waals surface area contributed by atoms with Crippen LogP contribution >= 0.6 is 11.8 Å². The maximum absolute atomic E-state index is 9.58. The minimum atomic E-state index is -0.573. The van der Waals surface area contributed by atoms with Crippen LogP contribution in [0.4, 0.5) is 0 Å². The van der Waals surface area contributed by atoms with E-state index in [9.17, 15) is 5.11 Å². The maximum atomic E-state index is 9.58. The quantitative estimate of drug-likeness (QED) is 0.739. The Morgan fingerprint density at radius 1 is 1.43 bits per heavy atom. The molecule has 2 N–H and O–H groups in total. The van der Waals surface area contributed by atoms with Crippen molar-refractivity contribution >= 4 is 11.8 Å². The van der Waals surface area contributed by atoms with E-state index in [1.807, 2.05) is 13.8 Å². The molecule has 84 valence electrons. The number of rotatable bonds is 5. The lowest BCUT2D eigenvalue weighted by Crippen LogP contribution is -2.39. The van der Waals surface area contributed by atoms with Crippen molar-refractivity contribution in [3.05, 3.63) is 0 Å². The molecule has 2 atom stereocenters. The van der Waals surface area contributed by atoms with Gasteiger partial charge >= 0.3 is 0 Å². The van der Waals surface area contributed by atoms with Crippen LogP contribution < -0.4 is 5.32 Å². The molecule has 2 unspecified atom stereocenters. The molecule has 0 aromatic carbocycles. The third kappa shape index (κ3) is 4.67. The highest BCUT2D eigenvalue weighted by molar-refractivity contribution is 7.99. The zero-order valence-electron chi connectivity index (χ0n) is 9.55. The molecule has 0 heterocycles. The highest BCUT2D eigenvalue weighted by Gasteiger charge is 2.25. The Balaban J connectivity index is 2.16. The smallest absolute Gasteiger partial charge is 0.0715 e. The molecule has 0 spiro atoms. The molecular formula is C11H23NOS. The van der Waals surface area contributed by atoms with Gasteiger partial charge in [0, 0.05) is 17.8 Å². The van der Waals surface area contributed by atoms with Gasteiger partial charge in [-0.1, -0.05) is 6.92 Å². The molecule has 0 saturated heterocycles. The van der Waals surface area contributed by atoms with Gasteiger partial charge in [-0.15, -0.1) is 0 Å². The molecular weight excluding hydrogens is 194 g/mol. The van der Waals surface area contributed by atoms with E-state index in [1.165, 1.54) is 25.0 Å². The van der Waals surface area contributed by atoms with E-state index in [0.29, 0.717) is 12.6 Å². The molecule has 0 amide bonds. The minimum absolute atomic E-state index is 0.573. The summed E-state index contributed by atoms with van der Waals surface area (Å²) in [5.41, 5.74) is -0.573. The minimum Gasteiger partial charge on any atom is -0.389 e. The summed E-state index contributed by atoms with van der Waals surface area (Å²) in [7, 11) is 0. The molecule has 1 fully saturated rings. The third-order valence-electron chi connectivity index (χ3n) is 2.61. The fourth-order valence-corrected chi connectivity index (χ4v) is 3.05. The predicted molar refractivity (Wildman–Crippen MR) is 63.9 cm³/mol. The van der Waals surface area contributed by atoms with Crippen LogP contribution in [-0.2, 0) is 0 Å². The van der Waals surface area contributed by atoms with Crippen LogP contribution in [-0.4, -0.2) is 34.3 Å². The molecule has 3 heteroatoms. The van der Waals surface area contributed by atoms with Gasteiger partial charge < -0.3 is 10.4 Å². The molecule has 1 rings (SSSR count). The van der Waals surface area contributed by atoms with Gasteiger partial charge in [-0.3, -0.25) is 0 Å². The highest BCUT2D eigenvalue weighted by Crippen LogP contribution is 2.29. The van der Waals surface area contributed by atoms with Crippen molar-refractivity contribution in [1.29, 1.82) is 0 Å². The van der Waals surface area contributed by atoms with Crippen LogP contribution in [0.3, 0.4) is 0 Å². The zero-order chi connectivity index (χ0) is 10.6. The van der Waals surface area contributed by atoms with Gasteiger partial charge in [0.25, 0.3) is 0 Å². The van der Waals surface area contributed by atoms with E-state index >= 15 is 0 Å². The second kappa shape index (κ2) is 5.38. The van der Waals surface area contributed by atoms with Gasteiger partial charge in [0.15, 0.2) is 0 Å². The summed E-state index contributed by atoms with van der Waals surface area (Å²) in [5, 5.41) is 13.9. The Labute approximate surface area is 91.9 Å². The first-order chi connectivity index (χ1) is 6.51. The second-order valence-electron chi connectivity index (χ2n) is 4.78. The number of hydrogen-bond donors (Lipinski definition) is 2. The number of hydrogen-bond acceptors (Lipinski definition) is 3. The van der Waals surface area contributed by atoms with Crippen LogP contribution in [0.5, 0.6) is 0 Å². The van der Waals surface area contributed by atoms with E-state index in [1.54, 1.807) is 0 Å². The summed E-state index contributed by atoms with van der Waals surface area (Å²) >= 11 is 2.07. The van der Waals surface area contributed by atoms with Crippen molar-refractivity contribution < 1.29 is 5.11 Å². The summed E-state index contributed by atoms with van der Waals surface area (Å²) in [6.45, 7) is 6.64. The van der Waals surface area contributed by atoms with E-state index in [-0.39, 0.29) is 0 Å². The van der Waals surface area contributed by atoms with E-state index in [0.717, 1.165) is 5.25 Å². The Morgan fingerprint density at radius 2 is 2.14 bits per heavy atom. The van der Waals surface area contributed by atoms with Gasteiger partial charge in [-0.05, 0) is 38.9 Å². The number of nitrogens with one attached hydrogen (secondary N) is 1. The average Bonchev–Trinajstić information content (AvgIpc) is 2.49. The standard InChI is InChI=1S/C11H23NOS/c1-4-14-10-6-5-9(7-10)12-8-11(2,3)13/h9-10,12-13H,4-8H2,1-3H3. The van der Waals surface area contributed by atoms with Gasteiger partial charge in [0.2, 0.25) is 0 Å². The predicted octanol–water partition coefficient (Wildman–Crippen LogP) is 2.02. The van der Waals surface area contributed by atoms with Crippen molar-refractivity contribution in [2.24, 2.45) is 0 Å². The average molecular weight is 217 g/mol. The van der Waals surface area contributed by atoms with E-state index in [2.05, 4.69) is 24.0 Å². The van der Waals surface area contributed by atoms with Crippen molar-refractivity contribution in [2.75, 3.05) is 12.3 Å². The lowest BCUT2D eigenvalue weighted by molar-refractivity contribution is 0.0766. The van der Waals surface area contributed by atoms with Crippen LogP contribution in [0.25, 0.3) is 0 Å². The molecule has 0 aromatic rings. The van der Waals surface area contributed by atoms with Gasteiger partial charge in [-0.25, -0.2) is 0 Å². The summed E-state index contributed by atoms with van der Waals surface area (Å²) in [4.78, 5) is 0. The third-order valence-corrected chi connectivity index (χ3v) is 3.84. The molecule has 0 radical (unpaired) electrons. The lowest BCUT2D eigenvalue weighted by Gasteiger charge is -2.21. The number of aliphatic hydroxyl groups is 1. The largest absolute Gasteiger partial charge is 0.389 e. The van der Waals surface area contributed by atoms with Crippen LogP contribution in [0, 0.1) is 0 Å². The van der Waals surface area contributed by atoms with Crippen molar-refractivity contribution in [1.82, 2.24) is 5.32 Å². The van der Waals surface area contributed by atoms with Gasteiger partial charge in [-0.2, -0.15) is 11.8 Å². The van der Waals surface area contributed by atoms with Crippen molar-refractivity contribution in [3.63, 3.8) is 0 Å². The summed E-state index contributed by atoms with van der Waals surface area (Å²) in [6, 6.07) is 0.630. The molecule has 14 heavy (non-hydrogen) atoms. The zero-order valence-corrected chi connectivity index (χ0v) is 10.4. The first kappa shape index (κ1) is 12.3. The number of thioether (sulfide) groups is 1. The van der Waals surface area contributed by atoms with Crippen LogP contribution in [0.2, 0.25) is 0 Å². The first-order valence-electron chi connectivity index (χ1n) is 5.58. The monoisotopic (exact) mass is 217 g/mol. The first-order valence-corrected chi connectivity index (χ1v) is 6.63. The van der Waals surface area contributed by atoms with Gasteiger partial charge in [0.1, 0.15) is 0 Å². The maximum Gasteiger partial charge on any atom is 0.0715 e. The Hall–Kier alpha value is 0.270. The molecule has 0 aliphatic heterocycles. The fourth-order valence-electron chi connectivity index (χ4n) is 1.91. The molecule has 2 nitrogen and oxygen atoms in total. The fraction of sp³-hybridized carbons (Fsp3) is 1.00. The Kier molecular flexibility index (Phi) is 4.74. The summed E-state index contributed by atoms with van der Waals surface area (Å²) in [6.07, 6.45) is 3.88. The summed E-state index contributed by atoms with van der Waals surface area (Å²) < 4.78 is 0. The highest BCUT2D eigenvalue weighted by atomic mass is 32.2. The van der Waals surface area contributed by atoms with E-state index in [4.69, 9.17) is 0 Å². The lowest BCUT2D eigenvalue weighted by atomic mass is 10.1. The summed E-state index contributed by atoms with van der Waals surface area (Å²) in [5.74, 6) is 1.23. The topological polar surface area (TPSA) is 32.3 Å². The van der Waals surface area contributed by atoms with Crippen molar-refractivity contribution in [2.45, 2.75) is 56.9 Å². The molecule has 0 aromatic heterocycles.